The fourth-order valence-electron chi connectivity index (χ4n) is 5.02. The van der Waals surface area contributed by atoms with Crippen molar-refractivity contribution in [1.29, 1.82) is 0 Å². The Morgan fingerprint density at radius 1 is 1.00 bits per heavy atom. The minimum absolute atomic E-state index is 0.0113. The number of methoxy groups -OCH3 is 2. The summed E-state index contributed by atoms with van der Waals surface area (Å²) in [6, 6.07) is 15.2. The van der Waals surface area contributed by atoms with Crippen LogP contribution in [0.3, 0.4) is 0 Å². The molecule has 1 aliphatic rings. The van der Waals surface area contributed by atoms with Gasteiger partial charge < -0.3 is 20.1 Å². The van der Waals surface area contributed by atoms with Gasteiger partial charge in [-0.25, -0.2) is 14.6 Å². The van der Waals surface area contributed by atoms with E-state index in [1.54, 1.807) is 26.4 Å². The van der Waals surface area contributed by atoms with E-state index in [2.05, 4.69) is 9.97 Å². The summed E-state index contributed by atoms with van der Waals surface area (Å²) in [5, 5.41) is 5.61. The van der Waals surface area contributed by atoms with Gasteiger partial charge in [-0.15, -0.1) is 0 Å². The first kappa shape index (κ1) is 26.9. The van der Waals surface area contributed by atoms with Gasteiger partial charge in [0, 0.05) is 31.5 Å². The first-order valence-electron chi connectivity index (χ1n) is 13.2. The highest BCUT2D eigenvalue weighted by atomic mass is 16.5. The Bertz CT molecular complexity index is 1540. The summed E-state index contributed by atoms with van der Waals surface area (Å²) in [5.74, 6) is 1.47. The number of nitrogens with two attached hydrogens (primary N) is 1. The molecule has 2 aromatic carbocycles. The Morgan fingerprint density at radius 2 is 1.75 bits per heavy atom. The summed E-state index contributed by atoms with van der Waals surface area (Å²) >= 11 is 0. The van der Waals surface area contributed by atoms with Crippen LogP contribution in [0, 0.1) is 0 Å². The largest absolute Gasteiger partial charge is 0.493 e. The molecule has 1 saturated heterocycles. The van der Waals surface area contributed by atoms with Crippen molar-refractivity contribution in [3.63, 3.8) is 0 Å². The zero-order valence-corrected chi connectivity index (χ0v) is 22.6. The first-order chi connectivity index (χ1) is 19.5. The van der Waals surface area contributed by atoms with Crippen molar-refractivity contribution in [3.05, 3.63) is 66.5 Å². The standard InChI is InChI=1S/C30H32N6O4/c1-39-24-12-9-21(18-25(24)40-2)28-27-29(31)32-19-33-30(27)36(34-28)22-14-16-35(17-15-22)26(38)13-11-23(37)10-8-20-6-4-3-5-7-20/h3-10,12,18-19,22H,11,13-17H2,1-2H3,(H2,31,32,33)/b10-8+. The lowest BCUT2D eigenvalue weighted by Crippen LogP contribution is -2.39. The van der Waals surface area contributed by atoms with Crippen molar-refractivity contribution < 1.29 is 19.1 Å². The number of allylic oxidation sites excluding steroid dienone is 1. The molecule has 0 unspecified atom stereocenters. The number of ketones is 1. The molecular weight excluding hydrogens is 508 g/mol. The predicted molar refractivity (Wildman–Crippen MR) is 153 cm³/mol. The topological polar surface area (TPSA) is 125 Å². The zero-order chi connectivity index (χ0) is 28.1. The first-order valence-corrected chi connectivity index (χ1v) is 13.2. The minimum atomic E-state index is -0.0601. The molecule has 10 nitrogen and oxygen atoms in total. The number of anilines is 1. The van der Waals surface area contributed by atoms with Gasteiger partial charge in [0.15, 0.2) is 22.9 Å². The van der Waals surface area contributed by atoms with Gasteiger partial charge in [0.1, 0.15) is 17.8 Å². The second-order valence-electron chi connectivity index (χ2n) is 9.64. The van der Waals surface area contributed by atoms with E-state index in [1.807, 2.05) is 58.1 Å². The number of amides is 1. The lowest BCUT2D eigenvalue weighted by molar-refractivity contribution is -0.133. The molecule has 1 amide bonds. The fourth-order valence-corrected chi connectivity index (χ4v) is 5.02. The molecule has 0 spiro atoms. The van der Waals surface area contributed by atoms with E-state index in [0.717, 1.165) is 11.1 Å². The Kier molecular flexibility index (Phi) is 8.04. The maximum absolute atomic E-state index is 12.8. The van der Waals surface area contributed by atoms with Crippen molar-refractivity contribution in [2.24, 2.45) is 0 Å². The molecule has 1 fully saturated rings. The maximum atomic E-state index is 12.8. The van der Waals surface area contributed by atoms with Crippen molar-refractivity contribution in [2.75, 3.05) is 33.0 Å². The van der Waals surface area contributed by atoms with E-state index in [0.29, 0.717) is 60.0 Å². The lowest BCUT2D eigenvalue weighted by Gasteiger charge is -2.32. The molecule has 0 bridgehead atoms. The number of fused-ring (bicyclic) bond motifs is 1. The van der Waals surface area contributed by atoms with Crippen LogP contribution >= 0.6 is 0 Å². The van der Waals surface area contributed by atoms with Crippen LogP contribution in [0.4, 0.5) is 5.82 Å². The number of nitrogens with zero attached hydrogens (tertiary/aromatic N) is 5. The number of nitrogen functional groups attached to an aromatic ring is 1. The summed E-state index contributed by atoms with van der Waals surface area (Å²) in [6.45, 7) is 1.15. The Balaban J connectivity index is 1.26. The molecule has 2 aromatic heterocycles. The van der Waals surface area contributed by atoms with Gasteiger partial charge in [-0.2, -0.15) is 5.10 Å². The van der Waals surface area contributed by atoms with Crippen LogP contribution in [-0.2, 0) is 9.59 Å². The average molecular weight is 541 g/mol. The summed E-state index contributed by atoms with van der Waals surface area (Å²) in [7, 11) is 3.17. The van der Waals surface area contributed by atoms with Crippen LogP contribution in [0.15, 0.2) is 60.9 Å². The highest BCUT2D eigenvalue weighted by Gasteiger charge is 2.28. The number of hydrogen-bond acceptors (Lipinski definition) is 8. The third-order valence-corrected chi connectivity index (χ3v) is 7.18. The number of ether oxygens (including phenoxy) is 2. The number of rotatable bonds is 9. The maximum Gasteiger partial charge on any atom is 0.223 e. The molecule has 5 rings (SSSR count). The summed E-state index contributed by atoms with van der Waals surface area (Å²) in [5.41, 5.74) is 9.37. The number of hydrogen-bond donors (Lipinski definition) is 1. The van der Waals surface area contributed by atoms with Gasteiger partial charge in [-0.1, -0.05) is 36.4 Å². The molecule has 10 heteroatoms. The zero-order valence-electron chi connectivity index (χ0n) is 22.6. The van der Waals surface area contributed by atoms with Gasteiger partial charge >= 0.3 is 0 Å². The SMILES string of the molecule is COc1ccc(-c2nn(C3CCN(C(=O)CCC(=O)/C=C/c4ccccc4)CC3)c3ncnc(N)c23)cc1OC. The summed E-state index contributed by atoms with van der Waals surface area (Å²) in [6.07, 6.45) is 6.56. The van der Waals surface area contributed by atoms with E-state index in [9.17, 15) is 9.59 Å². The molecule has 0 saturated carbocycles. The van der Waals surface area contributed by atoms with Gasteiger partial charge in [0.25, 0.3) is 0 Å². The molecule has 2 N–H and O–H groups in total. The molecule has 0 radical (unpaired) electrons. The molecule has 0 aliphatic carbocycles. The third kappa shape index (κ3) is 5.66. The number of benzene rings is 2. The quantitative estimate of drug-likeness (QED) is 0.311. The van der Waals surface area contributed by atoms with Gasteiger partial charge in [0.05, 0.1) is 25.6 Å². The Labute approximate surface area is 232 Å². The van der Waals surface area contributed by atoms with E-state index >= 15 is 0 Å². The minimum Gasteiger partial charge on any atom is -0.493 e. The number of piperidine rings is 1. The van der Waals surface area contributed by atoms with Gasteiger partial charge in [-0.05, 0) is 42.7 Å². The van der Waals surface area contributed by atoms with E-state index in [4.69, 9.17) is 20.3 Å². The van der Waals surface area contributed by atoms with Crippen molar-refractivity contribution in [3.8, 4) is 22.8 Å². The predicted octanol–water partition coefficient (Wildman–Crippen LogP) is 4.32. The smallest absolute Gasteiger partial charge is 0.223 e. The normalized spacial score (nSPS) is 14.1. The molecule has 4 aromatic rings. The van der Waals surface area contributed by atoms with Crippen LogP contribution < -0.4 is 15.2 Å². The van der Waals surface area contributed by atoms with E-state index in [1.165, 1.54) is 6.33 Å². The third-order valence-electron chi connectivity index (χ3n) is 7.18. The highest BCUT2D eigenvalue weighted by Crippen LogP contribution is 2.37. The molecular formula is C30H32N6O4. The number of aromatic nitrogens is 4. The fraction of sp³-hybridized carbons (Fsp3) is 0.300. The Morgan fingerprint density at radius 3 is 2.48 bits per heavy atom. The van der Waals surface area contributed by atoms with Crippen LogP contribution in [0.1, 0.15) is 37.3 Å². The second kappa shape index (κ2) is 12.0. The molecule has 206 valence electrons. The molecule has 40 heavy (non-hydrogen) atoms. The van der Waals surface area contributed by atoms with Crippen LogP contribution in [0.5, 0.6) is 11.5 Å². The Hall–Kier alpha value is -4.73. The van der Waals surface area contributed by atoms with E-state index in [-0.39, 0.29) is 30.6 Å². The van der Waals surface area contributed by atoms with Gasteiger partial charge in [-0.3, -0.25) is 9.59 Å². The lowest BCUT2D eigenvalue weighted by atomic mass is 10.0. The second-order valence-corrected chi connectivity index (χ2v) is 9.64. The van der Waals surface area contributed by atoms with Crippen molar-refractivity contribution in [2.45, 2.75) is 31.7 Å². The molecule has 3 heterocycles. The van der Waals surface area contributed by atoms with Crippen molar-refractivity contribution in [1.82, 2.24) is 24.6 Å². The molecule has 1 aliphatic heterocycles. The summed E-state index contributed by atoms with van der Waals surface area (Å²) < 4.78 is 12.8. The van der Waals surface area contributed by atoms with Crippen LogP contribution in [-0.4, -0.2) is 63.6 Å². The van der Waals surface area contributed by atoms with Gasteiger partial charge in [0.2, 0.25) is 5.91 Å². The van der Waals surface area contributed by atoms with Crippen LogP contribution in [0.25, 0.3) is 28.4 Å². The van der Waals surface area contributed by atoms with Crippen LogP contribution in [0.2, 0.25) is 0 Å². The summed E-state index contributed by atoms with van der Waals surface area (Å²) in [4.78, 5) is 35.7. The monoisotopic (exact) mass is 540 g/mol. The molecule has 0 atom stereocenters. The number of carbonyl (C=O) groups excluding carboxylic acids is 2. The number of carbonyl (C=O) groups is 2. The number of likely N-dealkylation sites (tertiary alicyclic amines) is 1. The highest BCUT2D eigenvalue weighted by molar-refractivity contribution is 5.98. The average Bonchev–Trinajstić information content (AvgIpc) is 3.40. The van der Waals surface area contributed by atoms with Crippen molar-refractivity contribution >= 4 is 34.6 Å². The van der Waals surface area contributed by atoms with E-state index < -0.39 is 0 Å².